The summed E-state index contributed by atoms with van der Waals surface area (Å²) in [6, 6.07) is 6.65. The molecule has 0 fully saturated rings. The van der Waals surface area contributed by atoms with Gasteiger partial charge in [0.1, 0.15) is 11.9 Å². The van der Waals surface area contributed by atoms with E-state index < -0.39 is 18.2 Å². The summed E-state index contributed by atoms with van der Waals surface area (Å²) < 4.78 is 4.65. The van der Waals surface area contributed by atoms with Crippen molar-refractivity contribution in [2.45, 2.75) is 32.5 Å². The average Bonchev–Trinajstić information content (AvgIpc) is 2.37. The molecule has 0 saturated heterocycles. The fraction of sp³-hybridized carbons (Fsp3) is 0.429. The van der Waals surface area contributed by atoms with E-state index in [0.29, 0.717) is 11.1 Å². The summed E-state index contributed by atoms with van der Waals surface area (Å²) in [7, 11) is 0. The number of hydrogen-bond acceptors (Lipinski definition) is 5. The second-order valence-corrected chi connectivity index (χ2v) is 4.22. The van der Waals surface area contributed by atoms with Crippen LogP contribution in [0.15, 0.2) is 24.3 Å². The van der Waals surface area contributed by atoms with Crippen molar-refractivity contribution >= 4 is 11.8 Å². The Labute approximate surface area is 111 Å². The third-order valence-electron chi connectivity index (χ3n) is 2.64. The molecular formula is C14H18O5. The van der Waals surface area contributed by atoms with Crippen molar-refractivity contribution in [2.24, 2.45) is 0 Å². The number of ether oxygens (including phenoxy) is 1. The van der Waals surface area contributed by atoms with Crippen molar-refractivity contribution in [3.63, 3.8) is 0 Å². The molecule has 0 bridgehead atoms. The van der Waals surface area contributed by atoms with Crippen LogP contribution >= 0.6 is 0 Å². The monoisotopic (exact) mass is 266 g/mol. The van der Waals surface area contributed by atoms with Gasteiger partial charge in [-0.1, -0.05) is 24.3 Å². The van der Waals surface area contributed by atoms with Crippen molar-refractivity contribution in [2.75, 3.05) is 6.61 Å². The first-order valence-electron chi connectivity index (χ1n) is 6.07. The van der Waals surface area contributed by atoms with E-state index in [1.165, 1.54) is 6.92 Å². The molecule has 0 aromatic heterocycles. The first-order valence-corrected chi connectivity index (χ1v) is 6.07. The zero-order valence-electron chi connectivity index (χ0n) is 11.0. The van der Waals surface area contributed by atoms with E-state index in [-0.39, 0.29) is 18.8 Å². The number of benzene rings is 1. The van der Waals surface area contributed by atoms with Gasteiger partial charge in [0, 0.05) is 6.42 Å². The Morgan fingerprint density at radius 1 is 1.26 bits per heavy atom. The van der Waals surface area contributed by atoms with Crippen LogP contribution in [0.3, 0.4) is 0 Å². The van der Waals surface area contributed by atoms with Crippen molar-refractivity contribution in [1.29, 1.82) is 0 Å². The molecule has 1 aromatic carbocycles. The highest BCUT2D eigenvalue weighted by Crippen LogP contribution is 2.22. The number of aliphatic hydroxyl groups is 2. The molecule has 1 rings (SSSR count). The maximum atomic E-state index is 11.4. The van der Waals surface area contributed by atoms with E-state index in [0.717, 1.165) is 0 Å². The third-order valence-corrected chi connectivity index (χ3v) is 2.64. The quantitative estimate of drug-likeness (QED) is 0.743. The van der Waals surface area contributed by atoms with Crippen molar-refractivity contribution in [1.82, 2.24) is 0 Å². The molecule has 0 amide bonds. The molecule has 0 aliphatic heterocycles. The largest absolute Gasteiger partial charge is 0.464 e. The first-order chi connectivity index (χ1) is 8.97. The van der Waals surface area contributed by atoms with Gasteiger partial charge in [0.25, 0.3) is 0 Å². The lowest BCUT2D eigenvalue weighted by atomic mass is 9.95. The molecule has 0 heterocycles. The van der Waals surface area contributed by atoms with Gasteiger partial charge in [-0.25, -0.2) is 4.79 Å². The van der Waals surface area contributed by atoms with Crippen LogP contribution in [0.2, 0.25) is 0 Å². The molecule has 104 valence electrons. The summed E-state index contributed by atoms with van der Waals surface area (Å²) >= 11 is 0. The van der Waals surface area contributed by atoms with Crippen LogP contribution in [0.1, 0.15) is 31.1 Å². The maximum Gasteiger partial charge on any atom is 0.338 e. The lowest BCUT2D eigenvalue weighted by Gasteiger charge is -2.19. The fourth-order valence-corrected chi connectivity index (χ4v) is 1.78. The number of aliphatic hydroxyl groups excluding tert-OH is 2. The van der Waals surface area contributed by atoms with Gasteiger partial charge in [-0.2, -0.15) is 0 Å². The van der Waals surface area contributed by atoms with E-state index in [1.807, 2.05) is 0 Å². The van der Waals surface area contributed by atoms with Crippen LogP contribution < -0.4 is 0 Å². The summed E-state index contributed by atoms with van der Waals surface area (Å²) in [4.78, 5) is 22.6. The van der Waals surface area contributed by atoms with Gasteiger partial charge >= 0.3 is 5.97 Å². The molecule has 2 N–H and O–H groups in total. The van der Waals surface area contributed by atoms with Gasteiger partial charge in [-0.15, -0.1) is 0 Å². The van der Waals surface area contributed by atoms with Crippen LogP contribution in [0.25, 0.3) is 0 Å². The van der Waals surface area contributed by atoms with Crippen molar-refractivity contribution in [3.8, 4) is 0 Å². The molecule has 1 aromatic rings. The van der Waals surface area contributed by atoms with Crippen LogP contribution in [0, 0.1) is 0 Å². The highest BCUT2D eigenvalue weighted by Gasteiger charge is 2.28. The number of carbonyl (C=O) groups is 2. The first kappa shape index (κ1) is 15.3. The summed E-state index contributed by atoms with van der Waals surface area (Å²) in [5.41, 5.74) is 0.948. The summed E-state index contributed by atoms with van der Waals surface area (Å²) in [6.45, 7) is 3.17. The van der Waals surface area contributed by atoms with Gasteiger partial charge in [0.15, 0.2) is 6.10 Å². The van der Waals surface area contributed by atoms with Gasteiger partial charge in [0.05, 0.1) is 6.61 Å². The summed E-state index contributed by atoms with van der Waals surface area (Å²) in [5, 5.41) is 19.7. The topological polar surface area (TPSA) is 83.8 Å². The molecule has 5 nitrogen and oxygen atoms in total. The van der Waals surface area contributed by atoms with E-state index in [9.17, 15) is 19.8 Å². The zero-order chi connectivity index (χ0) is 14.4. The van der Waals surface area contributed by atoms with Crippen LogP contribution in [0.4, 0.5) is 0 Å². The number of ketones is 1. The maximum absolute atomic E-state index is 11.4. The average molecular weight is 266 g/mol. The van der Waals surface area contributed by atoms with Crippen molar-refractivity contribution < 1.29 is 24.5 Å². The number of rotatable bonds is 6. The Hall–Kier alpha value is -1.72. The number of esters is 1. The van der Waals surface area contributed by atoms with Crippen molar-refractivity contribution in [3.05, 3.63) is 35.4 Å². The molecule has 0 saturated carbocycles. The Morgan fingerprint density at radius 2 is 1.89 bits per heavy atom. The lowest BCUT2D eigenvalue weighted by Crippen LogP contribution is -2.30. The molecule has 0 aliphatic rings. The van der Waals surface area contributed by atoms with Crippen LogP contribution in [-0.4, -0.2) is 34.7 Å². The van der Waals surface area contributed by atoms with Gasteiger partial charge in [-0.05, 0) is 25.0 Å². The number of hydrogen-bond donors (Lipinski definition) is 2. The smallest absolute Gasteiger partial charge is 0.338 e. The van der Waals surface area contributed by atoms with E-state index in [1.54, 1.807) is 31.2 Å². The Balaban J connectivity index is 2.95. The second kappa shape index (κ2) is 7.01. The Kier molecular flexibility index (Phi) is 5.66. The molecule has 2 atom stereocenters. The molecule has 0 radical (unpaired) electrons. The van der Waals surface area contributed by atoms with Crippen LogP contribution in [-0.2, 0) is 20.7 Å². The van der Waals surface area contributed by atoms with E-state index >= 15 is 0 Å². The fourth-order valence-electron chi connectivity index (χ4n) is 1.78. The molecule has 0 spiro atoms. The normalized spacial score (nSPS) is 13.7. The van der Waals surface area contributed by atoms with Gasteiger partial charge < -0.3 is 14.9 Å². The van der Waals surface area contributed by atoms with Gasteiger partial charge in [0.2, 0.25) is 0 Å². The number of Topliss-reactive ketones (excluding diaryl/α,β-unsaturated/α-hetero) is 1. The molecule has 0 aliphatic carbocycles. The van der Waals surface area contributed by atoms with E-state index in [2.05, 4.69) is 4.74 Å². The van der Waals surface area contributed by atoms with Crippen LogP contribution in [0.5, 0.6) is 0 Å². The predicted octanol–water partition coefficient (Wildman–Crippen LogP) is 0.776. The summed E-state index contributed by atoms with van der Waals surface area (Å²) in [6.07, 6.45) is -2.93. The highest BCUT2D eigenvalue weighted by atomic mass is 16.5. The highest BCUT2D eigenvalue weighted by molar-refractivity contribution is 5.79. The minimum Gasteiger partial charge on any atom is -0.464 e. The third kappa shape index (κ3) is 4.15. The Bertz CT molecular complexity index is 455. The molecule has 5 heteroatoms. The predicted molar refractivity (Wildman–Crippen MR) is 68.4 cm³/mol. The van der Waals surface area contributed by atoms with Gasteiger partial charge in [-0.3, -0.25) is 4.79 Å². The van der Waals surface area contributed by atoms with E-state index in [4.69, 9.17) is 0 Å². The summed E-state index contributed by atoms with van der Waals surface area (Å²) in [5.74, 6) is -0.946. The minimum atomic E-state index is -1.66. The minimum absolute atomic E-state index is 0.0646. The zero-order valence-corrected chi connectivity index (χ0v) is 11.0. The molecular weight excluding hydrogens is 248 g/mol. The lowest BCUT2D eigenvalue weighted by molar-refractivity contribution is -0.159. The second-order valence-electron chi connectivity index (χ2n) is 4.22. The number of carbonyl (C=O) groups excluding carboxylic acids is 2. The SMILES string of the molecule is CCOC(=O)C(O)C(O)c1ccccc1CC(C)=O. The molecule has 19 heavy (non-hydrogen) atoms. The molecule has 2 unspecified atom stereocenters. The Morgan fingerprint density at radius 3 is 2.47 bits per heavy atom. The standard InChI is InChI=1S/C14H18O5/c1-3-19-14(18)13(17)12(16)11-7-5-4-6-10(11)8-9(2)15/h4-7,12-13,16-17H,3,8H2,1-2H3.